The maximum atomic E-state index is 13.1. The smallest absolute Gasteiger partial charge is 0.494 e. The minimum atomic E-state index is -5.23. The second-order valence-electron chi connectivity index (χ2n) is 5.61. The third-order valence-electron chi connectivity index (χ3n) is 3.31. The second-order valence-corrected chi connectivity index (χ2v) is 5.61. The van der Waals surface area contributed by atoms with Crippen LogP contribution in [0.2, 0.25) is 0 Å². The molecule has 1 saturated heterocycles. The van der Waals surface area contributed by atoms with Gasteiger partial charge in [-0.1, -0.05) is 11.5 Å². The van der Waals surface area contributed by atoms with Crippen LogP contribution in [0.3, 0.4) is 0 Å². The summed E-state index contributed by atoms with van der Waals surface area (Å²) in [6.07, 6.45) is 1.27. The van der Waals surface area contributed by atoms with E-state index in [1.165, 1.54) is 0 Å². The van der Waals surface area contributed by atoms with Gasteiger partial charge in [0, 0.05) is 6.07 Å². The normalized spacial score (nSPS) is 21.0. The number of hydrogen-bond acceptors (Lipinski definition) is 2. The molecular formula is C13H16BF4KO2. The Kier molecular flexibility index (Phi) is 6.77. The fourth-order valence-corrected chi connectivity index (χ4v) is 2.28. The summed E-state index contributed by atoms with van der Waals surface area (Å²) in [5, 5.41) is 0. The summed E-state index contributed by atoms with van der Waals surface area (Å²) >= 11 is 0. The molecule has 2 rings (SSSR count). The number of benzene rings is 1. The molecule has 0 N–H and O–H groups in total. The van der Waals surface area contributed by atoms with Gasteiger partial charge >= 0.3 is 58.4 Å². The average Bonchev–Trinajstić information content (AvgIpc) is 2.65. The summed E-state index contributed by atoms with van der Waals surface area (Å²) < 4.78 is 62.4. The van der Waals surface area contributed by atoms with Crippen molar-refractivity contribution in [2.24, 2.45) is 0 Å². The molecule has 1 fully saturated rings. The molecule has 1 unspecified atom stereocenters. The van der Waals surface area contributed by atoms with E-state index < -0.39 is 24.0 Å². The Labute approximate surface area is 164 Å². The van der Waals surface area contributed by atoms with Crippen LogP contribution in [-0.4, -0.2) is 25.3 Å². The van der Waals surface area contributed by atoms with Crippen molar-refractivity contribution in [2.75, 3.05) is 6.61 Å². The largest absolute Gasteiger partial charge is 1.00 e. The van der Waals surface area contributed by atoms with Crippen LogP contribution in [0.15, 0.2) is 18.2 Å². The summed E-state index contributed by atoms with van der Waals surface area (Å²) in [5.41, 5.74) is -1.20. The number of rotatable bonds is 4. The molecule has 0 aliphatic carbocycles. The van der Waals surface area contributed by atoms with Crippen LogP contribution in [0, 0.1) is 5.82 Å². The average molecular weight is 330 g/mol. The van der Waals surface area contributed by atoms with Gasteiger partial charge in [0.15, 0.2) is 0 Å². The van der Waals surface area contributed by atoms with Gasteiger partial charge in [-0.25, -0.2) is 4.39 Å². The standard InChI is InChI=1S/C13H16BF4O2.K/c1-13(2)6-5-10(20-13)8-19-12-7-9(15)3-4-11(12)14(16,17)18;/h3-4,7,10H,5-6,8H2,1-2H3;/q-1;+1. The Morgan fingerprint density at radius 3 is 2.52 bits per heavy atom. The monoisotopic (exact) mass is 330 g/mol. The van der Waals surface area contributed by atoms with Crippen molar-refractivity contribution in [3.05, 3.63) is 24.0 Å². The molecule has 1 aliphatic rings. The Morgan fingerprint density at radius 1 is 1.33 bits per heavy atom. The molecule has 0 amide bonds. The van der Waals surface area contributed by atoms with Gasteiger partial charge in [-0.15, -0.1) is 0 Å². The Balaban J connectivity index is 0.00000220. The fourth-order valence-electron chi connectivity index (χ4n) is 2.28. The number of halogens is 4. The minimum absolute atomic E-state index is 0. The second kappa shape index (κ2) is 7.31. The summed E-state index contributed by atoms with van der Waals surface area (Å²) in [6, 6.07) is 2.27. The van der Waals surface area contributed by atoms with E-state index in [0.29, 0.717) is 6.07 Å². The van der Waals surface area contributed by atoms with Crippen molar-refractivity contribution < 1.29 is 78.2 Å². The SMILES string of the molecule is CC1(C)CCC(COc2cc(F)ccc2[B-](F)(F)F)O1.[K+]. The first kappa shape index (κ1) is 19.4. The van der Waals surface area contributed by atoms with Crippen LogP contribution in [0.4, 0.5) is 17.3 Å². The first-order valence-corrected chi connectivity index (χ1v) is 6.47. The van der Waals surface area contributed by atoms with Crippen molar-refractivity contribution in [1.29, 1.82) is 0 Å². The molecule has 1 heterocycles. The van der Waals surface area contributed by atoms with E-state index in [0.717, 1.165) is 25.0 Å². The van der Waals surface area contributed by atoms with Gasteiger partial charge < -0.3 is 22.4 Å². The molecule has 2 nitrogen and oxygen atoms in total. The van der Waals surface area contributed by atoms with Gasteiger partial charge in [-0.2, -0.15) is 0 Å². The van der Waals surface area contributed by atoms with E-state index in [9.17, 15) is 17.3 Å². The van der Waals surface area contributed by atoms with Gasteiger partial charge in [0.05, 0.1) is 17.5 Å². The molecule has 21 heavy (non-hydrogen) atoms. The quantitative estimate of drug-likeness (QED) is 0.581. The van der Waals surface area contributed by atoms with Crippen molar-refractivity contribution in [3.63, 3.8) is 0 Å². The summed E-state index contributed by atoms with van der Waals surface area (Å²) in [7, 11) is 0. The molecule has 0 bridgehead atoms. The van der Waals surface area contributed by atoms with E-state index in [4.69, 9.17) is 9.47 Å². The first-order valence-electron chi connectivity index (χ1n) is 6.47. The van der Waals surface area contributed by atoms with Crippen LogP contribution in [-0.2, 0) is 4.74 Å². The summed E-state index contributed by atoms with van der Waals surface area (Å²) in [5.74, 6) is -1.22. The van der Waals surface area contributed by atoms with Gasteiger partial charge in [-0.05, 0) is 32.8 Å². The predicted octanol–water partition coefficient (Wildman–Crippen LogP) is 0.220. The van der Waals surface area contributed by atoms with Crippen LogP contribution in [0.5, 0.6) is 5.75 Å². The summed E-state index contributed by atoms with van der Waals surface area (Å²) in [6.45, 7) is -1.41. The van der Waals surface area contributed by atoms with Crippen LogP contribution < -0.4 is 61.6 Å². The number of hydrogen-bond donors (Lipinski definition) is 0. The van der Waals surface area contributed by atoms with Gasteiger partial charge in [-0.3, -0.25) is 0 Å². The number of ether oxygens (including phenoxy) is 2. The van der Waals surface area contributed by atoms with Gasteiger partial charge in [0.1, 0.15) is 12.4 Å². The Hall–Kier alpha value is 0.401. The molecule has 1 aromatic rings. The Morgan fingerprint density at radius 2 is 2.00 bits per heavy atom. The zero-order valence-electron chi connectivity index (χ0n) is 12.3. The molecule has 1 aromatic carbocycles. The third kappa shape index (κ3) is 5.51. The summed E-state index contributed by atoms with van der Waals surface area (Å²) in [4.78, 5) is 0. The maximum absolute atomic E-state index is 13.1. The van der Waals surface area contributed by atoms with Crippen molar-refractivity contribution in [1.82, 2.24) is 0 Å². The molecule has 0 radical (unpaired) electrons. The fraction of sp³-hybridized carbons (Fsp3) is 0.538. The molecule has 1 aliphatic heterocycles. The molecule has 112 valence electrons. The molecule has 1 atom stereocenters. The van der Waals surface area contributed by atoms with Gasteiger partial charge in [0.25, 0.3) is 0 Å². The van der Waals surface area contributed by atoms with Crippen molar-refractivity contribution >= 4 is 12.4 Å². The van der Waals surface area contributed by atoms with E-state index in [2.05, 4.69) is 0 Å². The van der Waals surface area contributed by atoms with Crippen LogP contribution in [0.25, 0.3) is 0 Å². The van der Waals surface area contributed by atoms with Crippen molar-refractivity contribution in [2.45, 2.75) is 38.4 Å². The van der Waals surface area contributed by atoms with Crippen molar-refractivity contribution in [3.8, 4) is 5.75 Å². The zero-order valence-corrected chi connectivity index (χ0v) is 15.5. The molecule has 0 aromatic heterocycles. The van der Waals surface area contributed by atoms with Crippen LogP contribution in [0.1, 0.15) is 26.7 Å². The van der Waals surface area contributed by atoms with E-state index in [-0.39, 0.29) is 69.7 Å². The zero-order chi connectivity index (χ0) is 15.0. The van der Waals surface area contributed by atoms with E-state index >= 15 is 0 Å². The molecule has 8 heteroatoms. The van der Waals surface area contributed by atoms with Crippen LogP contribution >= 0.6 is 0 Å². The molecular weight excluding hydrogens is 314 g/mol. The molecule has 0 spiro atoms. The predicted molar refractivity (Wildman–Crippen MR) is 68.8 cm³/mol. The Bertz CT molecular complexity index is 494. The molecule has 0 saturated carbocycles. The van der Waals surface area contributed by atoms with E-state index in [1.54, 1.807) is 0 Å². The first-order chi connectivity index (χ1) is 9.17. The minimum Gasteiger partial charge on any atom is -0.494 e. The third-order valence-corrected chi connectivity index (χ3v) is 3.31. The van der Waals surface area contributed by atoms with Gasteiger partial charge in [0.2, 0.25) is 0 Å². The topological polar surface area (TPSA) is 18.5 Å². The maximum Gasteiger partial charge on any atom is 1.00 e. The van der Waals surface area contributed by atoms with E-state index in [1.807, 2.05) is 13.8 Å².